The Hall–Kier alpha value is -2.68. The molecule has 0 bridgehead atoms. The zero-order valence-electron chi connectivity index (χ0n) is 13.5. The average molecular weight is 332 g/mol. The van der Waals surface area contributed by atoms with Crippen LogP contribution >= 0.6 is 0 Å². The van der Waals surface area contributed by atoms with E-state index in [0.717, 1.165) is 5.69 Å². The Labute approximate surface area is 138 Å². The van der Waals surface area contributed by atoms with E-state index in [2.05, 4.69) is 26.0 Å². The van der Waals surface area contributed by atoms with Crippen molar-refractivity contribution in [3.05, 3.63) is 24.2 Å². The third kappa shape index (κ3) is 3.46. The topological polar surface area (TPSA) is 121 Å². The smallest absolute Gasteiger partial charge is 0.321 e. The number of nitrogens with one attached hydrogen (secondary N) is 3. The second-order valence-corrected chi connectivity index (χ2v) is 6.42. The van der Waals surface area contributed by atoms with E-state index >= 15 is 0 Å². The molecule has 1 aliphatic rings. The predicted octanol–water partition coefficient (Wildman–Crippen LogP) is 0.225. The van der Waals surface area contributed by atoms with Crippen molar-refractivity contribution in [2.75, 3.05) is 18.4 Å². The number of hydrogen-bond acceptors (Lipinski definition) is 6. The molecule has 9 heteroatoms. The van der Waals surface area contributed by atoms with E-state index < -0.39 is 17.6 Å². The summed E-state index contributed by atoms with van der Waals surface area (Å²) in [7, 11) is 0. The number of aliphatic hydroxyl groups is 1. The highest BCUT2D eigenvalue weighted by Gasteiger charge is 2.29. The minimum atomic E-state index is -0.776. The van der Waals surface area contributed by atoms with Gasteiger partial charge in [0.25, 0.3) is 0 Å². The predicted molar refractivity (Wildman–Crippen MR) is 86.7 cm³/mol. The van der Waals surface area contributed by atoms with Gasteiger partial charge in [0.15, 0.2) is 5.65 Å². The van der Waals surface area contributed by atoms with Crippen LogP contribution in [0, 0.1) is 0 Å². The van der Waals surface area contributed by atoms with Gasteiger partial charge in [-0.25, -0.2) is 14.3 Å². The molecule has 3 rings (SSSR count). The van der Waals surface area contributed by atoms with E-state index in [1.165, 1.54) is 0 Å². The Balaban J connectivity index is 1.87. The molecule has 9 nitrogen and oxygen atoms in total. The van der Waals surface area contributed by atoms with Gasteiger partial charge in [-0.3, -0.25) is 10.1 Å². The van der Waals surface area contributed by atoms with Crippen molar-refractivity contribution in [3.63, 3.8) is 0 Å². The van der Waals surface area contributed by atoms with Crippen molar-refractivity contribution in [2.45, 2.75) is 31.8 Å². The second-order valence-electron chi connectivity index (χ2n) is 6.42. The van der Waals surface area contributed by atoms with Crippen LogP contribution in [-0.4, -0.2) is 50.3 Å². The Morgan fingerprint density at radius 1 is 1.46 bits per heavy atom. The van der Waals surface area contributed by atoms with Gasteiger partial charge in [-0.1, -0.05) is 0 Å². The average Bonchev–Trinajstić information content (AvgIpc) is 2.94. The Morgan fingerprint density at radius 3 is 2.96 bits per heavy atom. The summed E-state index contributed by atoms with van der Waals surface area (Å²) in [6.45, 7) is 4.23. The van der Waals surface area contributed by atoms with Gasteiger partial charge in [0, 0.05) is 25.5 Å². The lowest BCUT2D eigenvalue weighted by Crippen LogP contribution is -2.51. The van der Waals surface area contributed by atoms with Crippen molar-refractivity contribution in [3.8, 4) is 0 Å². The third-order valence-corrected chi connectivity index (χ3v) is 3.81. The lowest BCUT2D eigenvalue weighted by Gasteiger charge is -2.22. The number of amides is 3. The molecule has 1 atom stereocenters. The van der Waals surface area contributed by atoms with Crippen LogP contribution < -0.4 is 16.0 Å². The number of imide groups is 1. The number of nitrogens with zero attached hydrogens (tertiary/aromatic N) is 3. The first-order chi connectivity index (χ1) is 11.3. The fourth-order valence-electron chi connectivity index (χ4n) is 2.51. The van der Waals surface area contributed by atoms with Crippen molar-refractivity contribution in [1.82, 2.24) is 25.2 Å². The highest BCUT2D eigenvalue weighted by atomic mass is 16.3. The third-order valence-electron chi connectivity index (χ3n) is 3.81. The van der Waals surface area contributed by atoms with Crippen LogP contribution in [0.1, 0.15) is 31.9 Å². The summed E-state index contributed by atoms with van der Waals surface area (Å²) in [4.78, 5) is 27.5. The highest BCUT2D eigenvalue weighted by molar-refractivity contribution is 6.00. The van der Waals surface area contributed by atoms with E-state index in [1.807, 2.05) is 0 Å². The molecule has 0 spiro atoms. The van der Waals surface area contributed by atoms with Crippen LogP contribution in [0.3, 0.4) is 0 Å². The van der Waals surface area contributed by atoms with E-state index in [9.17, 15) is 14.7 Å². The van der Waals surface area contributed by atoms with Crippen LogP contribution in [0.5, 0.6) is 0 Å². The van der Waals surface area contributed by atoms with Crippen molar-refractivity contribution < 1.29 is 14.7 Å². The number of urea groups is 1. The SMILES string of the molecule is CC(C)(O)CCNc1cc(C2CNC(=O)NC2=O)nn2ccnc12. The normalized spacial score (nSPS) is 18.4. The van der Waals surface area contributed by atoms with Crippen molar-refractivity contribution in [1.29, 1.82) is 0 Å². The van der Waals surface area contributed by atoms with Crippen LogP contribution in [0.25, 0.3) is 5.65 Å². The van der Waals surface area contributed by atoms with Gasteiger partial charge in [-0.05, 0) is 26.3 Å². The molecular formula is C15H20N6O3. The largest absolute Gasteiger partial charge is 0.390 e. The van der Waals surface area contributed by atoms with E-state index in [1.54, 1.807) is 36.8 Å². The molecule has 3 heterocycles. The Morgan fingerprint density at radius 2 is 2.25 bits per heavy atom. The number of imidazole rings is 1. The molecule has 2 aromatic heterocycles. The molecule has 0 aromatic carbocycles. The maximum Gasteiger partial charge on any atom is 0.321 e. The fraction of sp³-hybridized carbons (Fsp3) is 0.467. The lowest BCUT2D eigenvalue weighted by molar-refractivity contribution is -0.122. The summed E-state index contributed by atoms with van der Waals surface area (Å²) in [6, 6.07) is 1.26. The lowest BCUT2D eigenvalue weighted by atomic mass is 10.0. The number of hydrogen-bond donors (Lipinski definition) is 4. The standard InChI is InChI=1S/C15H20N6O3/c1-15(2,24)3-4-16-11-7-10(20-21-6-5-17-12(11)21)9-8-18-14(23)19-13(9)22/h5-7,9,16,24H,3-4,8H2,1-2H3,(H2,18,19,22,23). The van der Waals surface area contributed by atoms with Crippen molar-refractivity contribution >= 4 is 23.3 Å². The molecule has 24 heavy (non-hydrogen) atoms. The van der Waals surface area contributed by atoms with Gasteiger partial charge in [-0.2, -0.15) is 5.10 Å². The molecule has 1 fully saturated rings. The number of anilines is 1. The number of carbonyl (C=O) groups excluding carboxylic acids is 2. The van der Waals surface area contributed by atoms with Gasteiger partial charge in [0.05, 0.1) is 22.9 Å². The number of aromatic nitrogens is 3. The first-order valence-electron chi connectivity index (χ1n) is 7.73. The first kappa shape index (κ1) is 16.2. The molecule has 3 amide bonds. The van der Waals surface area contributed by atoms with Gasteiger partial charge in [-0.15, -0.1) is 0 Å². The van der Waals surface area contributed by atoms with Crippen LogP contribution in [0.4, 0.5) is 10.5 Å². The van der Waals surface area contributed by atoms with Gasteiger partial charge < -0.3 is 15.7 Å². The van der Waals surface area contributed by atoms with Crippen molar-refractivity contribution in [2.24, 2.45) is 0 Å². The van der Waals surface area contributed by atoms with Gasteiger partial charge in [0.1, 0.15) is 0 Å². The summed E-state index contributed by atoms with van der Waals surface area (Å²) in [5.74, 6) is -0.947. The van der Waals surface area contributed by atoms with Crippen LogP contribution in [-0.2, 0) is 4.79 Å². The highest BCUT2D eigenvalue weighted by Crippen LogP contribution is 2.22. The molecule has 2 aromatic rings. The number of rotatable bonds is 5. The zero-order valence-corrected chi connectivity index (χ0v) is 13.5. The van der Waals surface area contributed by atoms with E-state index in [-0.39, 0.29) is 12.5 Å². The first-order valence-corrected chi connectivity index (χ1v) is 7.73. The summed E-state index contributed by atoms with van der Waals surface area (Å²) in [5, 5.41) is 22.3. The number of carbonyl (C=O) groups is 2. The molecule has 128 valence electrons. The maximum absolute atomic E-state index is 12.0. The summed E-state index contributed by atoms with van der Waals surface area (Å²) in [6.07, 6.45) is 3.87. The molecule has 1 saturated heterocycles. The summed E-state index contributed by atoms with van der Waals surface area (Å²) >= 11 is 0. The summed E-state index contributed by atoms with van der Waals surface area (Å²) in [5.41, 5.74) is 1.11. The summed E-state index contributed by atoms with van der Waals surface area (Å²) < 4.78 is 1.59. The molecule has 0 saturated carbocycles. The number of fused-ring (bicyclic) bond motifs is 1. The maximum atomic E-state index is 12.0. The van der Waals surface area contributed by atoms with Gasteiger partial charge in [0.2, 0.25) is 5.91 Å². The van der Waals surface area contributed by atoms with E-state index in [0.29, 0.717) is 24.3 Å². The minimum absolute atomic E-state index is 0.195. The van der Waals surface area contributed by atoms with Crippen LogP contribution in [0.2, 0.25) is 0 Å². The molecule has 0 aliphatic carbocycles. The fourth-order valence-corrected chi connectivity index (χ4v) is 2.51. The van der Waals surface area contributed by atoms with E-state index in [4.69, 9.17) is 0 Å². The molecular weight excluding hydrogens is 312 g/mol. The van der Waals surface area contributed by atoms with Gasteiger partial charge >= 0.3 is 6.03 Å². The zero-order chi connectivity index (χ0) is 17.3. The molecule has 1 aliphatic heterocycles. The Kier molecular flexibility index (Phi) is 4.10. The van der Waals surface area contributed by atoms with Crippen LogP contribution in [0.15, 0.2) is 18.5 Å². The minimum Gasteiger partial charge on any atom is -0.390 e. The quantitative estimate of drug-likeness (QED) is 0.622. The monoisotopic (exact) mass is 332 g/mol. The Bertz CT molecular complexity index is 779. The molecule has 4 N–H and O–H groups in total. The second kappa shape index (κ2) is 6.08. The molecule has 1 unspecified atom stereocenters. The molecule has 0 radical (unpaired) electrons.